The van der Waals surface area contributed by atoms with E-state index < -0.39 is 18.1 Å². The van der Waals surface area contributed by atoms with Crippen molar-refractivity contribution in [2.75, 3.05) is 13.1 Å². The third-order valence-corrected chi connectivity index (χ3v) is 5.61. The van der Waals surface area contributed by atoms with Crippen LogP contribution in [-0.4, -0.2) is 64.0 Å². The molecule has 2 amide bonds. The minimum atomic E-state index is -1.03. The topological polar surface area (TPSA) is 157 Å². The summed E-state index contributed by atoms with van der Waals surface area (Å²) in [7, 11) is 0. The normalized spacial score (nSPS) is 17.9. The third kappa shape index (κ3) is 7.10. The molecule has 2 rings (SSSR count). The van der Waals surface area contributed by atoms with Crippen LogP contribution in [0.2, 0.25) is 0 Å². The van der Waals surface area contributed by atoms with E-state index in [1.807, 2.05) is 13.8 Å². The minimum Gasteiger partial charge on any atom is -0.480 e. The molecular formula is C21H32ClN5O5. The molecule has 10 nitrogen and oxygen atoms in total. The Morgan fingerprint density at radius 2 is 1.94 bits per heavy atom. The van der Waals surface area contributed by atoms with Gasteiger partial charge in [-0.15, -0.1) is 12.4 Å². The third-order valence-electron chi connectivity index (χ3n) is 5.61. The number of nitrogens with one attached hydrogen (secondary N) is 2. The van der Waals surface area contributed by atoms with E-state index in [2.05, 4.69) is 15.8 Å². The Bertz CT molecular complexity index is 817. The van der Waals surface area contributed by atoms with E-state index in [-0.39, 0.29) is 49.1 Å². The second kappa shape index (κ2) is 12.9. The van der Waals surface area contributed by atoms with Crippen LogP contribution in [0.4, 0.5) is 0 Å². The molecule has 2 unspecified atom stereocenters. The van der Waals surface area contributed by atoms with Gasteiger partial charge in [0.2, 0.25) is 11.8 Å². The molecule has 32 heavy (non-hydrogen) atoms. The van der Waals surface area contributed by atoms with Crippen molar-refractivity contribution in [2.24, 2.45) is 16.8 Å². The Morgan fingerprint density at radius 3 is 2.50 bits per heavy atom. The summed E-state index contributed by atoms with van der Waals surface area (Å²) < 4.78 is 0. The monoisotopic (exact) mass is 469 g/mol. The molecule has 3 atom stereocenters. The lowest BCUT2D eigenvalue weighted by Crippen LogP contribution is -2.55. The molecule has 1 aliphatic rings. The number of likely N-dealkylation sites (tertiary alicyclic amines) is 1. The van der Waals surface area contributed by atoms with Crippen molar-refractivity contribution in [1.29, 1.82) is 0 Å². The summed E-state index contributed by atoms with van der Waals surface area (Å²) >= 11 is 0. The van der Waals surface area contributed by atoms with E-state index in [1.54, 1.807) is 29.2 Å². The second-order valence-electron chi connectivity index (χ2n) is 7.73. The van der Waals surface area contributed by atoms with Crippen molar-refractivity contribution in [2.45, 2.75) is 51.7 Å². The summed E-state index contributed by atoms with van der Waals surface area (Å²) in [5.41, 5.74) is 6.94. The largest absolute Gasteiger partial charge is 0.480 e. The first-order valence-electron chi connectivity index (χ1n) is 10.4. The van der Waals surface area contributed by atoms with E-state index in [4.69, 9.17) is 16.0 Å². The number of amides is 2. The van der Waals surface area contributed by atoms with Crippen molar-refractivity contribution in [3.05, 3.63) is 35.4 Å². The first kappa shape index (κ1) is 27.2. The standard InChI is InChI=1S/C21H31N5O5.ClH/c1-3-13(2)18(23-12-17(27)28)21(30)26-10-4-5-16(26)20(29)24-11-14-6-8-15(9-7-14)19(22)25-31;/h6-9,13,16,18,23,31H,3-5,10-12H2,1-2H3,(H2,22,25)(H,24,29)(H,27,28);1H/t13?,16-,18?;/m0./s1. The fraction of sp³-hybridized carbons (Fsp3) is 0.524. The van der Waals surface area contributed by atoms with Crippen molar-refractivity contribution in [1.82, 2.24) is 15.5 Å². The fourth-order valence-electron chi connectivity index (χ4n) is 3.60. The van der Waals surface area contributed by atoms with Gasteiger partial charge >= 0.3 is 5.97 Å². The molecule has 1 aliphatic heterocycles. The first-order valence-corrected chi connectivity index (χ1v) is 10.4. The van der Waals surface area contributed by atoms with E-state index in [9.17, 15) is 14.4 Å². The maximum absolute atomic E-state index is 13.1. The van der Waals surface area contributed by atoms with Crippen molar-refractivity contribution < 1.29 is 24.7 Å². The highest BCUT2D eigenvalue weighted by Crippen LogP contribution is 2.21. The Labute approximate surface area is 193 Å². The molecule has 11 heteroatoms. The van der Waals surface area contributed by atoms with Crippen LogP contribution in [0, 0.1) is 5.92 Å². The summed E-state index contributed by atoms with van der Waals surface area (Å²) in [4.78, 5) is 38.4. The Kier molecular flexibility index (Phi) is 10.9. The number of carbonyl (C=O) groups is 3. The molecule has 0 saturated carbocycles. The number of aliphatic carboxylic acids is 1. The highest BCUT2D eigenvalue weighted by molar-refractivity contribution is 5.97. The van der Waals surface area contributed by atoms with Gasteiger partial charge in [-0.3, -0.25) is 19.7 Å². The number of benzene rings is 1. The zero-order valence-corrected chi connectivity index (χ0v) is 19.1. The van der Waals surface area contributed by atoms with Crippen LogP contribution >= 0.6 is 12.4 Å². The summed E-state index contributed by atoms with van der Waals surface area (Å²) in [6.45, 7) is 4.26. The van der Waals surface area contributed by atoms with Gasteiger partial charge in [-0.25, -0.2) is 0 Å². The van der Waals surface area contributed by atoms with Crippen molar-refractivity contribution in [3.8, 4) is 0 Å². The molecule has 0 radical (unpaired) electrons. The zero-order chi connectivity index (χ0) is 23.0. The Balaban J connectivity index is 0.00000512. The molecule has 1 heterocycles. The van der Waals surface area contributed by atoms with Crippen LogP contribution in [0.25, 0.3) is 0 Å². The number of halogens is 1. The summed E-state index contributed by atoms with van der Waals surface area (Å²) in [5, 5.41) is 26.3. The van der Waals surface area contributed by atoms with Gasteiger partial charge in [0.15, 0.2) is 5.84 Å². The van der Waals surface area contributed by atoms with E-state index >= 15 is 0 Å². The lowest BCUT2D eigenvalue weighted by molar-refractivity contribution is -0.142. The molecule has 0 spiro atoms. The molecule has 0 aliphatic carbocycles. The molecule has 6 N–H and O–H groups in total. The quantitative estimate of drug-likeness (QED) is 0.147. The highest BCUT2D eigenvalue weighted by Gasteiger charge is 2.38. The number of carboxylic acid groups (broad SMARTS) is 1. The first-order chi connectivity index (χ1) is 14.8. The number of rotatable bonds is 10. The van der Waals surface area contributed by atoms with Crippen molar-refractivity contribution >= 4 is 36.0 Å². The fourth-order valence-corrected chi connectivity index (χ4v) is 3.60. The van der Waals surface area contributed by atoms with Gasteiger partial charge in [0.05, 0.1) is 12.6 Å². The number of carbonyl (C=O) groups excluding carboxylic acids is 2. The average Bonchev–Trinajstić information content (AvgIpc) is 3.26. The number of amidine groups is 1. The Hall–Kier alpha value is -2.85. The summed E-state index contributed by atoms with van der Waals surface area (Å²) in [5.74, 6) is -1.58. The number of hydrogen-bond donors (Lipinski definition) is 5. The predicted molar refractivity (Wildman–Crippen MR) is 122 cm³/mol. The summed E-state index contributed by atoms with van der Waals surface area (Å²) in [6, 6.07) is 5.67. The second-order valence-corrected chi connectivity index (χ2v) is 7.73. The molecule has 1 fully saturated rings. The number of nitrogens with zero attached hydrogens (tertiary/aromatic N) is 2. The van der Waals surface area contributed by atoms with Crippen LogP contribution in [0.1, 0.15) is 44.2 Å². The Morgan fingerprint density at radius 1 is 1.28 bits per heavy atom. The maximum Gasteiger partial charge on any atom is 0.317 e. The number of nitrogens with two attached hydrogens (primary N) is 1. The van der Waals surface area contributed by atoms with Gasteiger partial charge in [0, 0.05) is 18.7 Å². The highest BCUT2D eigenvalue weighted by atomic mass is 35.5. The number of hydrogen-bond acceptors (Lipinski definition) is 6. The molecule has 0 bridgehead atoms. The van der Waals surface area contributed by atoms with Gasteiger partial charge in [0.25, 0.3) is 0 Å². The molecule has 0 aromatic heterocycles. The van der Waals surface area contributed by atoms with Crippen molar-refractivity contribution in [3.63, 3.8) is 0 Å². The summed E-state index contributed by atoms with van der Waals surface area (Å²) in [6.07, 6.45) is 1.98. The van der Waals surface area contributed by atoms with Gasteiger partial charge in [-0.1, -0.05) is 49.7 Å². The molecule has 1 saturated heterocycles. The SMILES string of the molecule is CCC(C)C(NCC(=O)O)C(=O)N1CCC[C@H]1C(=O)NCc1ccc(C(N)=NO)cc1.Cl. The lowest BCUT2D eigenvalue weighted by Gasteiger charge is -2.31. The van der Waals surface area contributed by atoms with Crippen LogP contribution in [0.3, 0.4) is 0 Å². The average molecular weight is 470 g/mol. The van der Waals surface area contributed by atoms with Crippen LogP contribution in [0.15, 0.2) is 29.4 Å². The van der Waals surface area contributed by atoms with E-state index in [0.717, 1.165) is 5.56 Å². The molecule has 1 aromatic rings. The van der Waals surface area contributed by atoms with Crippen LogP contribution in [0.5, 0.6) is 0 Å². The molecule has 1 aromatic carbocycles. The minimum absolute atomic E-state index is 0. The lowest BCUT2D eigenvalue weighted by atomic mass is 9.97. The molecule has 178 valence electrons. The van der Waals surface area contributed by atoms with Gasteiger partial charge in [-0.2, -0.15) is 0 Å². The van der Waals surface area contributed by atoms with Crippen LogP contribution < -0.4 is 16.4 Å². The number of oxime groups is 1. The van der Waals surface area contributed by atoms with Gasteiger partial charge < -0.3 is 26.3 Å². The van der Waals surface area contributed by atoms with Gasteiger partial charge in [-0.05, 0) is 24.3 Å². The molecular weight excluding hydrogens is 438 g/mol. The predicted octanol–water partition coefficient (Wildman–Crippen LogP) is 0.899. The van der Waals surface area contributed by atoms with E-state index in [1.165, 1.54) is 0 Å². The maximum atomic E-state index is 13.1. The van der Waals surface area contributed by atoms with E-state index in [0.29, 0.717) is 31.4 Å². The smallest absolute Gasteiger partial charge is 0.317 e. The number of carboxylic acids is 1. The zero-order valence-electron chi connectivity index (χ0n) is 18.3. The van der Waals surface area contributed by atoms with Gasteiger partial charge in [0.1, 0.15) is 6.04 Å². The van der Waals surface area contributed by atoms with Crippen LogP contribution in [-0.2, 0) is 20.9 Å².